The van der Waals surface area contributed by atoms with E-state index in [1.807, 2.05) is 24.3 Å². The molecule has 0 radical (unpaired) electrons. The molecule has 2 N–H and O–H groups in total. The number of nitrogens with zero attached hydrogens (tertiary/aromatic N) is 1. The molecule has 1 heterocycles. The van der Waals surface area contributed by atoms with Gasteiger partial charge in [0.1, 0.15) is 0 Å². The van der Waals surface area contributed by atoms with Gasteiger partial charge in [-0.05, 0) is 72.2 Å². The summed E-state index contributed by atoms with van der Waals surface area (Å²) in [5.41, 5.74) is 3.13. The quantitative estimate of drug-likeness (QED) is 0.531. The highest BCUT2D eigenvalue weighted by Crippen LogP contribution is 2.32. The monoisotopic (exact) mass is 485 g/mol. The van der Waals surface area contributed by atoms with Gasteiger partial charge < -0.3 is 10.6 Å². The van der Waals surface area contributed by atoms with Crippen LogP contribution in [0.4, 0.5) is 11.4 Å². The SMILES string of the molecule is O=C(Cc1ccc(Cl)cc1)NC(=S)Nc1ccc(S(=O)(=O)N2CCc3ccccc32)cc1. The van der Waals surface area contributed by atoms with Crippen LogP contribution in [0.5, 0.6) is 0 Å². The molecule has 3 aromatic carbocycles. The molecule has 6 nitrogen and oxygen atoms in total. The van der Waals surface area contributed by atoms with Crippen LogP contribution < -0.4 is 14.9 Å². The van der Waals surface area contributed by atoms with Gasteiger partial charge in [-0.3, -0.25) is 9.10 Å². The van der Waals surface area contributed by atoms with Crippen molar-refractivity contribution in [2.24, 2.45) is 0 Å². The molecule has 4 rings (SSSR count). The molecule has 9 heteroatoms. The lowest BCUT2D eigenvalue weighted by atomic mass is 10.1. The van der Waals surface area contributed by atoms with Crippen molar-refractivity contribution in [3.05, 3.63) is 88.9 Å². The number of benzene rings is 3. The molecule has 3 aromatic rings. The van der Waals surface area contributed by atoms with E-state index in [0.717, 1.165) is 16.8 Å². The van der Waals surface area contributed by atoms with Crippen molar-refractivity contribution in [2.45, 2.75) is 17.7 Å². The molecule has 0 fully saturated rings. The second kappa shape index (κ2) is 9.28. The van der Waals surface area contributed by atoms with Crippen molar-refractivity contribution >= 4 is 56.2 Å². The molecule has 0 saturated carbocycles. The first-order valence-corrected chi connectivity index (χ1v) is 12.1. The Morgan fingerprint density at radius 3 is 2.41 bits per heavy atom. The Bertz CT molecular complexity index is 1260. The molecular weight excluding hydrogens is 466 g/mol. The highest BCUT2D eigenvalue weighted by atomic mass is 35.5. The van der Waals surface area contributed by atoms with Crippen LogP contribution in [0.1, 0.15) is 11.1 Å². The summed E-state index contributed by atoms with van der Waals surface area (Å²) >= 11 is 11.0. The second-order valence-electron chi connectivity index (χ2n) is 7.29. The van der Waals surface area contributed by atoms with Gasteiger partial charge in [0.25, 0.3) is 10.0 Å². The van der Waals surface area contributed by atoms with Crippen LogP contribution in [0.2, 0.25) is 5.02 Å². The molecule has 0 spiro atoms. The number of carbonyl (C=O) groups excluding carboxylic acids is 1. The van der Waals surface area contributed by atoms with E-state index >= 15 is 0 Å². The topological polar surface area (TPSA) is 78.5 Å². The van der Waals surface area contributed by atoms with Crippen molar-refractivity contribution in [1.29, 1.82) is 0 Å². The van der Waals surface area contributed by atoms with Gasteiger partial charge in [-0.2, -0.15) is 0 Å². The van der Waals surface area contributed by atoms with E-state index in [1.165, 1.54) is 16.4 Å². The van der Waals surface area contributed by atoms with Crippen LogP contribution >= 0.6 is 23.8 Å². The number of thiocarbonyl (C=S) groups is 1. The van der Waals surface area contributed by atoms with Crippen molar-refractivity contribution in [3.8, 4) is 0 Å². The van der Waals surface area contributed by atoms with Gasteiger partial charge >= 0.3 is 0 Å². The van der Waals surface area contributed by atoms with Crippen LogP contribution in [-0.2, 0) is 27.7 Å². The fourth-order valence-corrected chi connectivity index (χ4v) is 5.38. The second-order valence-corrected chi connectivity index (χ2v) is 9.99. The van der Waals surface area contributed by atoms with Crippen LogP contribution in [-0.4, -0.2) is 26.0 Å². The summed E-state index contributed by atoms with van der Waals surface area (Å²) < 4.78 is 27.6. The highest BCUT2D eigenvalue weighted by Gasteiger charge is 2.30. The lowest BCUT2D eigenvalue weighted by Gasteiger charge is -2.19. The maximum Gasteiger partial charge on any atom is 0.264 e. The number of fused-ring (bicyclic) bond motifs is 1. The number of rotatable bonds is 5. The largest absolute Gasteiger partial charge is 0.332 e. The number of hydrogen-bond acceptors (Lipinski definition) is 4. The molecule has 1 aliphatic rings. The van der Waals surface area contributed by atoms with Crippen LogP contribution in [0, 0.1) is 0 Å². The van der Waals surface area contributed by atoms with Crippen LogP contribution in [0.25, 0.3) is 0 Å². The van der Waals surface area contributed by atoms with Crippen LogP contribution in [0.3, 0.4) is 0 Å². The Balaban J connectivity index is 1.38. The standard InChI is InChI=1S/C23H20ClN3O3S2/c24-18-7-5-16(6-8-18)15-22(28)26-23(31)25-19-9-11-20(12-10-19)32(29,30)27-14-13-17-3-1-2-4-21(17)27/h1-12H,13-15H2,(H2,25,26,28,31). The number of carbonyl (C=O) groups is 1. The fraction of sp³-hybridized carbons (Fsp3) is 0.130. The van der Waals surface area contributed by atoms with Gasteiger partial charge in [-0.25, -0.2) is 8.42 Å². The summed E-state index contributed by atoms with van der Waals surface area (Å²) in [5, 5.41) is 6.25. The number of hydrogen-bond donors (Lipinski definition) is 2. The minimum absolute atomic E-state index is 0.132. The van der Waals surface area contributed by atoms with E-state index in [1.54, 1.807) is 36.4 Å². The molecule has 32 heavy (non-hydrogen) atoms. The van der Waals surface area contributed by atoms with Crippen LogP contribution in [0.15, 0.2) is 77.7 Å². The third kappa shape index (κ3) is 4.93. The Morgan fingerprint density at radius 1 is 1.00 bits per heavy atom. The lowest BCUT2D eigenvalue weighted by Crippen LogP contribution is -2.35. The Labute approximate surface area is 197 Å². The smallest absolute Gasteiger partial charge is 0.264 e. The average molecular weight is 486 g/mol. The maximum absolute atomic E-state index is 13.1. The van der Waals surface area contributed by atoms with Crippen molar-refractivity contribution in [2.75, 3.05) is 16.2 Å². The zero-order chi connectivity index (χ0) is 22.7. The molecule has 1 amide bonds. The highest BCUT2D eigenvalue weighted by molar-refractivity contribution is 7.92. The Hall–Kier alpha value is -2.94. The molecule has 1 aliphatic heterocycles. The van der Waals surface area contributed by atoms with Gasteiger partial charge in [-0.15, -0.1) is 0 Å². The van der Waals surface area contributed by atoms with Gasteiger partial charge in [0.15, 0.2) is 5.11 Å². The summed E-state index contributed by atoms with van der Waals surface area (Å²) in [6.07, 6.45) is 0.854. The van der Waals surface area contributed by atoms with Gasteiger partial charge in [0.2, 0.25) is 5.91 Å². The van der Waals surface area contributed by atoms with E-state index in [9.17, 15) is 13.2 Å². The van der Waals surface area contributed by atoms with Gasteiger partial charge in [0, 0.05) is 17.3 Å². The normalized spacial score (nSPS) is 12.8. The first kappa shape index (κ1) is 22.3. The summed E-state index contributed by atoms with van der Waals surface area (Å²) in [5.74, 6) is -0.267. The van der Waals surface area contributed by atoms with E-state index < -0.39 is 10.0 Å². The van der Waals surface area contributed by atoms with E-state index in [0.29, 0.717) is 23.7 Å². The first-order valence-electron chi connectivity index (χ1n) is 9.89. The molecule has 0 saturated heterocycles. The molecule has 0 atom stereocenters. The van der Waals surface area contributed by atoms with E-state index in [2.05, 4.69) is 10.6 Å². The zero-order valence-corrected chi connectivity index (χ0v) is 19.3. The third-order valence-electron chi connectivity index (χ3n) is 5.08. The Morgan fingerprint density at radius 2 is 1.69 bits per heavy atom. The number of para-hydroxylation sites is 1. The summed E-state index contributed by atoms with van der Waals surface area (Å²) in [6.45, 7) is 0.422. The average Bonchev–Trinajstić information content (AvgIpc) is 3.21. The zero-order valence-electron chi connectivity index (χ0n) is 16.9. The molecule has 0 aliphatic carbocycles. The molecule has 0 bridgehead atoms. The summed E-state index contributed by atoms with van der Waals surface area (Å²) in [6, 6.07) is 20.8. The van der Waals surface area contributed by atoms with Crippen molar-refractivity contribution < 1.29 is 13.2 Å². The molecule has 164 valence electrons. The van der Waals surface area contributed by atoms with Gasteiger partial charge in [-0.1, -0.05) is 41.9 Å². The molecule has 0 unspecified atom stereocenters. The summed E-state index contributed by atoms with van der Waals surface area (Å²) in [4.78, 5) is 12.4. The number of nitrogens with one attached hydrogen (secondary N) is 2. The minimum atomic E-state index is -3.66. The Kier molecular flexibility index (Phi) is 6.45. The summed E-state index contributed by atoms with van der Waals surface area (Å²) in [7, 11) is -3.66. The number of anilines is 2. The molecular formula is C23H20ClN3O3S2. The minimum Gasteiger partial charge on any atom is -0.332 e. The maximum atomic E-state index is 13.1. The first-order chi connectivity index (χ1) is 15.3. The van der Waals surface area contributed by atoms with E-state index in [-0.39, 0.29) is 22.3 Å². The lowest BCUT2D eigenvalue weighted by molar-refractivity contribution is -0.119. The third-order valence-corrected chi connectivity index (χ3v) is 7.36. The predicted octanol–water partition coefficient (Wildman–Crippen LogP) is 4.15. The van der Waals surface area contributed by atoms with Crippen molar-refractivity contribution in [3.63, 3.8) is 0 Å². The molecule has 0 aromatic heterocycles. The number of sulfonamides is 1. The fourth-order valence-electron chi connectivity index (χ4n) is 3.52. The number of amides is 1. The van der Waals surface area contributed by atoms with E-state index in [4.69, 9.17) is 23.8 Å². The predicted molar refractivity (Wildman–Crippen MR) is 131 cm³/mol. The number of halogens is 1. The van der Waals surface area contributed by atoms with Crippen molar-refractivity contribution in [1.82, 2.24) is 5.32 Å². The van der Waals surface area contributed by atoms with Gasteiger partial charge in [0.05, 0.1) is 17.0 Å².